The monoisotopic (exact) mass is 156 g/mol. The predicted octanol–water partition coefficient (Wildman–Crippen LogP) is 1.84. The van der Waals surface area contributed by atoms with Crippen molar-refractivity contribution in [2.45, 2.75) is 19.1 Å². The van der Waals surface area contributed by atoms with E-state index in [4.69, 9.17) is 0 Å². The molecule has 10 heavy (non-hydrogen) atoms. The number of rotatable bonds is 3. The average Bonchev–Trinajstić information content (AvgIpc) is 2.36. The van der Waals surface area contributed by atoms with Gasteiger partial charge in [-0.1, -0.05) is 6.92 Å². The van der Waals surface area contributed by atoms with Crippen molar-refractivity contribution in [1.29, 1.82) is 0 Å². The van der Waals surface area contributed by atoms with Gasteiger partial charge in [0.1, 0.15) is 0 Å². The molecule has 0 amide bonds. The molecule has 0 atom stereocenters. The van der Waals surface area contributed by atoms with Crippen LogP contribution in [0.4, 0.5) is 0 Å². The Bertz CT molecular complexity index is 195. The summed E-state index contributed by atoms with van der Waals surface area (Å²) in [7, 11) is 0. The molecule has 3 heteroatoms. The van der Waals surface area contributed by atoms with Crippen molar-refractivity contribution >= 4 is 11.8 Å². The molecular weight excluding hydrogens is 144 g/mol. The average molecular weight is 156 g/mol. The molecule has 0 bridgehead atoms. The molecule has 0 aliphatic rings. The third-order valence-corrected chi connectivity index (χ3v) is 2.01. The Morgan fingerprint density at radius 3 is 3.10 bits per heavy atom. The summed E-state index contributed by atoms with van der Waals surface area (Å²) >= 11 is 1.82. The summed E-state index contributed by atoms with van der Waals surface area (Å²) in [6, 6.07) is 0. The first-order valence-electron chi connectivity index (χ1n) is 3.38. The molecule has 0 aliphatic carbocycles. The van der Waals surface area contributed by atoms with Crippen LogP contribution in [0.2, 0.25) is 0 Å². The lowest BCUT2D eigenvalue weighted by atomic mass is 10.3. The molecule has 0 saturated carbocycles. The minimum Gasteiger partial charge on any atom is -0.348 e. The maximum atomic E-state index is 4.18. The minimum atomic E-state index is 1.03. The third-order valence-electron chi connectivity index (χ3n) is 1.43. The lowest BCUT2D eigenvalue weighted by Crippen LogP contribution is -1.87. The normalized spacial score (nSPS) is 10.2. The van der Waals surface area contributed by atoms with Gasteiger partial charge < -0.3 is 4.98 Å². The second-order valence-electron chi connectivity index (χ2n) is 2.11. The molecule has 0 aromatic carbocycles. The van der Waals surface area contributed by atoms with E-state index in [1.54, 1.807) is 6.33 Å². The van der Waals surface area contributed by atoms with Gasteiger partial charge in [-0.25, -0.2) is 4.98 Å². The molecule has 0 unspecified atom stereocenters. The summed E-state index contributed by atoms with van der Waals surface area (Å²) in [6.07, 6.45) is 4.89. The van der Waals surface area contributed by atoms with Gasteiger partial charge in [0.15, 0.2) is 0 Å². The van der Waals surface area contributed by atoms with Crippen LogP contribution in [0.15, 0.2) is 6.33 Å². The Balaban J connectivity index is 2.70. The van der Waals surface area contributed by atoms with Gasteiger partial charge >= 0.3 is 0 Å². The number of aromatic nitrogens is 2. The number of nitrogens with zero attached hydrogens (tertiary/aromatic N) is 1. The van der Waals surface area contributed by atoms with Gasteiger partial charge in [-0.2, -0.15) is 11.8 Å². The number of aryl methyl sites for hydroxylation is 1. The lowest BCUT2D eigenvalue weighted by molar-refractivity contribution is 1.03. The summed E-state index contributed by atoms with van der Waals surface area (Å²) in [5.74, 6) is 1.04. The van der Waals surface area contributed by atoms with E-state index in [0.717, 1.165) is 12.2 Å². The maximum absolute atomic E-state index is 4.18. The van der Waals surface area contributed by atoms with Crippen LogP contribution >= 0.6 is 11.8 Å². The molecule has 1 rings (SSSR count). The Labute approximate surface area is 65.4 Å². The standard InChI is InChI=1S/C7H12N2S/c1-3-6-7(4-10-2)9-5-8-6/h5H,3-4H2,1-2H3,(H,8,9). The van der Waals surface area contributed by atoms with Crippen LogP contribution < -0.4 is 0 Å². The summed E-state index contributed by atoms with van der Waals surface area (Å²) in [4.78, 5) is 7.31. The number of imidazole rings is 1. The zero-order valence-electron chi connectivity index (χ0n) is 6.35. The summed E-state index contributed by atoms with van der Waals surface area (Å²) < 4.78 is 0. The molecule has 56 valence electrons. The van der Waals surface area contributed by atoms with Crippen LogP contribution in [-0.2, 0) is 12.2 Å². The van der Waals surface area contributed by atoms with Gasteiger partial charge in [0, 0.05) is 11.4 Å². The van der Waals surface area contributed by atoms with Crippen molar-refractivity contribution in [3.05, 3.63) is 17.7 Å². The van der Waals surface area contributed by atoms with Gasteiger partial charge in [0.05, 0.1) is 12.0 Å². The van der Waals surface area contributed by atoms with E-state index in [-0.39, 0.29) is 0 Å². The van der Waals surface area contributed by atoms with Crippen LogP contribution in [-0.4, -0.2) is 16.2 Å². The van der Waals surface area contributed by atoms with E-state index in [1.807, 2.05) is 11.8 Å². The van der Waals surface area contributed by atoms with Gasteiger partial charge in [0.2, 0.25) is 0 Å². The maximum Gasteiger partial charge on any atom is 0.0925 e. The highest BCUT2D eigenvalue weighted by atomic mass is 32.2. The van der Waals surface area contributed by atoms with Gasteiger partial charge in [-0.05, 0) is 12.7 Å². The first-order valence-corrected chi connectivity index (χ1v) is 4.78. The zero-order valence-corrected chi connectivity index (χ0v) is 7.16. The number of hydrogen-bond acceptors (Lipinski definition) is 2. The first-order chi connectivity index (χ1) is 4.88. The number of aromatic amines is 1. The molecule has 2 nitrogen and oxygen atoms in total. The van der Waals surface area contributed by atoms with Crippen molar-refractivity contribution in [1.82, 2.24) is 9.97 Å². The van der Waals surface area contributed by atoms with E-state index in [1.165, 1.54) is 11.4 Å². The number of thioether (sulfide) groups is 1. The van der Waals surface area contributed by atoms with Crippen LogP contribution in [0.1, 0.15) is 18.3 Å². The first kappa shape index (κ1) is 7.66. The quantitative estimate of drug-likeness (QED) is 0.723. The van der Waals surface area contributed by atoms with E-state index < -0.39 is 0 Å². The Morgan fingerprint density at radius 2 is 2.50 bits per heavy atom. The molecule has 1 N–H and O–H groups in total. The van der Waals surface area contributed by atoms with E-state index in [2.05, 4.69) is 23.1 Å². The molecule has 1 aromatic rings. The fourth-order valence-corrected chi connectivity index (χ4v) is 1.46. The molecular formula is C7H12N2S. The largest absolute Gasteiger partial charge is 0.348 e. The second-order valence-corrected chi connectivity index (χ2v) is 2.98. The molecule has 0 aliphatic heterocycles. The highest BCUT2D eigenvalue weighted by Gasteiger charge is 2.00. The molecule has 0 spiro atoms. The van der Waals surface area contributed by atoms with Crippen LogP contribution in [0.3, 0.4) is 0 Å². The highest BCUT2D eigenvalue weighted by molar-refractivity contribution is 7.97. The van der Waals surface area contributed by atoms with Crippen molar-refractivity contribution in [3.8, 4) is 0 Å². The minimum absolute atomic E-state index is 1.03. The van der Waals surface area contributed by atoms with E-state index in [0.29, 0.717) is 0 Å². The van der Waals surface area contributed by atoms with Crippen LogP contribution in [0.25, 0.3) is 0 Å². The second kappa shape index (κ2) is 3.66. The number of nitrogens with one attached hydrogen (secondary N) is 1. The Hall–Kier alpha value is -0.440. The number of hydrogen-bond donors (Lipinski definition) is 1. The Morgan fingerprint density at radius 1 is 1.70 bits per heavy atom. The fraction of sp³-hybridized carbons (Fsp3) is 0.571. The van der Waals surface area contributed by atoms with Gasteiger partial charge in [-0.15, -0.1) is 0 Å². The molecule has 0 radical (unpaired) electrons. The predicted molar refractivity (Wildman–Crippen MR) is 45.2 cm³/mol. The smallest absolute Gasteiger partial charge is 0.0925 e. The summed E-state index contributed by atoms with van der Waals surface area (Å²) in [5, 5.41) is 0. The van der Waals surface area contributed by atoms with Crippen molar-refractivity contribution in [2.75, 3.05) is 6.26 Å². The topological polar surface area (TPSA) is 28.7 Å². The molecule has 0 fully saturated rings. The zero-order chi connectivity index (χ0) is 7.40. The van der Waals surface area contributed by atoms with E-state index in [9.17, 15) is 0 Å². The summed E-state index contributed by atoms with van der Waals surface area (Å²) in [5.41, 5.74) is 2.48. The molecule has 1 aromatic heterocycles. The highest BCUT2D eigenvalue weighted by Crippen LogP contribution is 2.10. The van der Waals surface area contributed by atoms with Crippen LogP contribution in [0, 0.1) is 0 Å². The molecule has 1 heterocycles. The van der Waals surface area contributed by atoms with Crippen molar-refractivity contribution in [3.63, 3.8) is 0 Å². The number of H-pyrrole nitrogens is 1. The van der Waals surface area contributed by atoms with Gasteiger partial charge in [-0.3, -0.25) is 0 Å². The third kappa shape index (κ3) is 1.53. The fourth-order valence-electron chi connectivity index (χ4n) is 0.923. The van der Waals surface area contributed by atoms with Crippen molar-refractivity contribution in [2.24, 2.45) is 0 Å². The summed E-state index contributed by atoms with van der Waals surface area (Å²) in [6.45, 7) is 2.12. The van der Waals surface area contributed by atoms with Gasteiger partial charge in [0.25, 0.3) is 0 Å². The Kier molecular flexibility index (Phi) is 2.81. The van der Waals surface area contributed by atoms with E-state index >= 15 is 0 Å². The van der Waals surface area contributed by atoms with Crippen molar-refractivity contribution < 1.29 is 0 Å². The van der Waals surface area contributed by atoms with Crippen LogP contribution in [0.5, 0.6) is 0 Å². The molecule has 0 saturated heterocycles. The SMILES string of the molecule is CCc1nc[nH]c1CSC. The lowest BCUT2D eigenvalue weighted by Gasteiger charge is -1.95.